The molecule has 108 valence electrons. The SMILES string of the molecule is CC(C)(C)c1cccc2ccc3cc4ccccc4cc3c12. The zero-order valence-corrected chi connectivity index (χ0v) is 13.4. The maximum absolute atomic E-state index is 2.35. The van der Waals surface area contributed by atoms with E-state index in [2.05, 4.69) is 87.5 Å². The van der Waals surface area contributed by atoms with E-state index >= 15 is 0 Å². The van der Waals surface area contributed by atoms with Crippen molar-refractivity contribution in [1.82, 2.24) is 0 Å². The normalized spacial score (nSPS) is 12.3. The first-order chi connectivity index (χ1) is 10.5. The fourth-order valence-electron chi connectivity index (χ4n) is 3.43. The van der Waals surface area contributed by atoms with E-state index in [1.807, 2.05) is 0 Å². The molecule has 0 bridgehead atoms. The lowest BCUT2D eigenvalue weighted by Crippen LogP contribution is -2.11. The van der Waals surface area contributed by atoms with Crippen molar-refractivity contribution in [2.75, 3.05) is 0 Å². The van der Waals surface area contributed by atoms with Crippen molar-refractivity contribution < 1.29 is 0 Å². The third kappa shape index (κ3) is 1.99. The Bertz CT molecular complexity index is 1000. The van der Waals surface area contributed by atoms with Gasteiger partial charge in [-0.2, -0.15) is 0 Å². The Balaban J connectivity index is 2.24. The number of hydrogen-bond donors (Lipinski definition) is 0. The van der Waals surface area contributed by atoms with Gasteiger partial charge in [0.15, 0.2) is 0 Å². The van der Waals surface area contributed by atoms with Crippen LogP contribution in [0.5, 0.6) is 0 Å². The Hall–Kier alpha value is -2.34. The molecule has 0 aliphatic rings. The van der Waals surface area contributed by atoms with E-state index in [1.54, 1.807) is 0 Å². The average molecular weight is 284 g/mol. The molecule has 22 heavy (non-hydrogen) atoms. The van der Waals surface area contributed by atoms with E-state index in [9.17, 15) is 0 Å². The van der Waals surface area contributed by atoms with Gasteiger partial charge in [-0.15, -0.1) is 0 Å². The topological polar surface area (TPSA) is 0 Å². The van der Waals surface area contributed by atoms with E-state index in [0.29, 0.717) is 0 Å². The molecule has 4 aromatic rings. The van der Waals surface area contributed by atoms with Gasteiger partial charge in [-0.05, 0) is 55.4 Å². The van der Waals surface area contributed by atoms with E-state index < -0.39 is 0 Å². The highest BCUT2D eigenvalue weighted by Gasteiger charge is 2.18. The smallest absolute Gasteiger partial charge is 0.00677 e. The molecule has 0 heterocycles. The van der Waals surface area contributed by atoms with E-state index in [0.717, 1.165) is 0 Å². The minimum Gasteiger partial charge on any atom is -0.0616 e. The predicted octanol–water partition coefficient (Wildman–Crippen LogP) is 6.44. The monoisotopic (exact) mass is 284 g/mol. The lowest BCUT2D eigenvalue weighted by Gasteiger charge is -2.22. The first-order valence-corrected chi connectivity index (χ1v) is 7.89. The van der Waals surface area contributed by atoms with E-state index in [4.69, 9.17) is 0 Å². The molecule has 0 fully saturated rings. The van der Waals surface area contributed by atoms with Gasteiger partial charge in [-0.25, -0.2) is 0 Å². The summed E-state index contributed by atoms with van der Waals surface area (Å²) in [5.41, 5.74) is 1.56. The standard InChI is InChI=1S/C22H20/c1-22(2,3)20-10-6-9-15-11-12-18-13-16-7-4-5-8-17(16)14-19(18)21(15)20/h4-14H,1-3H3. The molecule has 0 spiro atoms. The van der Waals surface area contributed by atoms with Crippen LogP contribution < -0.4 is 0 Å². The summed E-state index contributed by atoms with van der Waals surface area (Å²) < 4.78 is 0. The van der Waals surface area contributed by atoms with Gasteiger partial charge in [0.1, 0.15) is 0 Å². The summed E-state index contributed by atoms with van der Waals surface area (Å²) in [5, 5.41) is 8.03. The van der Waals surface area contributed by atoms with Crippen LogP contribution in [0.3, 0.4) is 0 Å². The van der Waals surface area contributed by atoms with Gasteiger partial charge in [-0.1, -0.05) is 75.4 Å². The Morgan fingerprint density at radius 1 is 0.591 bits per heavy atom. The van der Waals surface area contributed by atoms with Crippen molar-refractivity contribution in [3.8, 4) is 0 Å². The third-order valence-electron chi connectivity index (χ3n) is 4.53. The van der Waals surface area contributed by atoms with Crippen molar-refractivity contribution in [1.29, 1.82) is 0 Å². The highest BCUT2D eigenvalue weighted by atomic mass is 14.2. The summed E-state index contributed by atoms with van der Waals surface area (Å²) in [6, 6.07) is 24.4. The molecule has 0 aromatic heterocycles. The maximum atomic E-state index is 2.35. The molecule has 0 N–H and O–H groups in total. The molecular weight excluding hydrogens is 264 g/mol. The van der Waals surface area contributed by atoms with Crippen LogP contribution >= 0.6 is 0 Å². The van der Waals surface area contributed by atoms with E-state index in [-0.39, 0.29) is 5.41 Å². The largest absolute Gasteiger partial charge is 0.0616 e. The van der Waals surface area contributed by atoms with Crippen molar-refractivity contribution in [2.24, 2.45) is 0 Å². The van der Waals surface area contributed by atoms with Gasteiger partial charge < -0.3 is 0 Å². The first kappa shape index (κ1) is 13.3. The Kier molecular flexibility index (Phi) is 2.77. The quantitative estimate of drug-likeness (QED) is 0.257. The van der Waals surface area contributed by atoms with Crippen LogP contribution in [0.4, 0.5) is 0 Å². The summed E-state index contributed by atoms with van der Waals surface area (Å²) >= 11 is 0. The molecule has 0 unspecified atom stereocenters. The molecule has 4 aromatic carbocycles. The van der Waals surface area contributed by atoms with Crippen LogP contribution in [-0.2, 0) is 5.41 Å². The minimum absolute atomic E-state index is 0.138. The van der Waals surface area contributed by atoms with Gasteiger partial charge in [0.2, 0.25) is 0 Å². The predicted molar refractivity (Wildman–Crippen MR) is 97.7 cm³/mol. The van der Waals surface area contributed by atoms with Crippen molar-refractivity contribution in [3.63, 3.8) is 0 Å². The van der Waals surface area contributed by atoms with Crippen molar-refractivity contribution >= 4 is 32.3 Å². The molecular formula is C22H20. The fourth-order valence-corrected chi connectivity index (χ4v) is 3.43. The van der Waals surface area contributed by atoms with Gasteiger partial charge in [0.05, 0.1) is 0 Å². The molecule has 0 amide bonds. The lowest BCUT2D eigenvalue weighted by atomic mass is 9.82. The molecule has 0 radical (unpaired) electrons. The number of fused-ring (bicyclic) bond motifs is 4. The highest BCUT2D eigenvalue weighted by molar-refractivity contribution is 6.13. The van der Waals surface area contributed by atoms with Crippen LogP contribution in [0, 0.1) is 0 Å². The minimum atomic E-state index is 0.138. The van der Waals surface area contributed by atoms with Gasteiger partial charge in [-0.3, -0.25) is 0 Å². The molecule has 0 nitrogen and oxygen atoms in total. The first-order valence-electron chi connectivity index (χ1n) is 7.89. The molecule has 0 saturated carbocycles. The number of hydrogen-bond acceptors (Lipinski definition) is 0. The van der Waals surface area contributed by atoms with Gasteiger partial charge in [0, 0.05) is 0 Å². The lowest BCUT2D eigenvalue weighted by molar-refractivity contribution is 0.596. The second kappa shape index (κ2) is 4.58. The second-order valence-electron chi connectivity index (χ2n) is 7.14. The third-order valence-corrected chi connectivity index (χ3v) is 4.53. The molecule has 0 saturated heterocycles. The van der Waals surface area contributed by atoms with E-state index in [1.165, 1.54) is 37.9 Å². The second-order valence-corrected chi connectivity index (χ2v) is 7.14. The Morgan fingerprint density at radius 3 is 1.95 bits per heavy atom. The summed E-state index contributed by atoms with van der Waals surface area (Å²) in [4.78, 5) is 0. The Labute approximate surface area is 131 Å². The van der Waals surface area contributed by atoms with Crippen LogP contribution in [0.15, 0.2) is 66.7 Å². The highest BCUT2D eigenvalue weighted by Crippen LogP contribution is 2.36. The zero-order valence-electron chi connectivity index (χ0n) is 13.4. The van der Waals surface area contributed by atoms with Crippen LogP contribution in [0.1, 0.15) is 26.3 Å². The Morgan fingerprint density at radius 2 is 1.23 bits per heavy atom. The number of benzene rings is 4. The van der Waals surface area contributed by atoms with Crippen molar-refractivity contribution in [3.05, 3.63) is 72.3 Å². The van der Waals surface area contributed by atoms with Crippen LogP contribution in [0.2, 0.25) is 0 Å². The van der Waals surface area contributed by atoms with Gasteiger partial charge in [0.25, 0.3) is 0 Å². The number of rotatable bonds is 0. The molecule has 0 aliphatic heterocycles. The summed E-state index contributed by atoms with van der Waals surface area (Å²) in [5.74, 6) is 0. The zero-order chi connectivity index (χ0) is 15.3. The van der Waals surface area contributed by atoms with Gasteiger partial charge >= 0.3 is 0 Å². The maximum Gasteiger partial charge on any atom is -0.00677 e. The molecule has 0 heteroatoms. The van der Waals surface area contributed by atoms with Crippen LogP contribution in [-0.4, -0.2) is 0 Å². The molecule has 0 atom stereocenters. The fraction of sp³-hybridized carbons (Fsp3) is 0.182. The average Bonchev–Trinajstić information content (AvgIpc) is 2.51. The molecule has 4 rings (SSSR count). The summed E-state index contributed by atoms with van der Waals surface area (Å²) in [6.45, 7) is 6.88. The summed E-state index contributed by atoms with van der Waals surface area (Å²) in [6.07, 6.45) is 0. The molecule has 0 aliphatic carbocycles. The van der Waals surface area contributed by atoms with Crippen LogP contribution in [0.25, 0.3) is 32.3 Å². The van der Waals surface area contributed by atoms with Crippen molar-refractivity contribution in [2.45, 2.75) is 26.2 Å². The summed E-state index contributed by atoms with van der Waals surface area (Å²) in [7, 11) is 0.